The van der Waals surface area contributed by atoms with Gasteiger partial charge in [-0.1, -0.05) is 6.07 Å². The van der Waals surface area contributed by atoms with Crippen LogP contribution in [0.5, 0.6) is 0 Å². The van der Waals surface area contributed by atoms with E-state index in [9.17, 15) is 13.2 Å². The normalized spacial score (nSPS) is 19.9. The van der Waals surface area contributed by atoms with E-state index >= 15 is 0 Å². The van der Waals surface area contributed by atoms with Crippen LogP contribution in [0.1, 0.15) is 24.0 Å². The molecule has 1 fully saturated rings. The predicted octanol–water partition coefficient (Wildman–Crippen LogP) is 3.03. The fourth-order valence-electron chi connectivity index (χ4n) is 2.87. The topological polar surface area (TPSA) is 38.5 Å². The molecule has 1 atom stereocenters. The van der Waals surface area contributed by atoms with E-state index in [0.29, 0.717) is 18.2 Å². The average molecular weight is 302 g/mol. The van der Waals surface area contributed by atoms with Crippen molar-refractivity contribution in [1.82, 2.24) is 0 Å². The van der Waals surface area contributed by atoms with E-state index in [1.54, 1.807) is 13.2 Å². The van der Waals surface area contributed by atoms with E-state index in [0.717, 1.165) is 25.9 Å². The molecule has 0 radical (unpaired) electrons. The molecule has 6 heteroatoms. The number of methoxy groups -OCH3 is 1. The SMILES string of the molecule is COCC1CCCN(c2ccc(CN)c(C(F)(F)F)c2)C1. The number of anilines is 1. The Hall–Kier alpha value is -1.27. The van der Waals surface area contributed by atoms with Gasteiger partial charge in [0, 0.05) is 32.4 Å². The number of hydrogen-bond donors (Lipinski definition) is 1. The molecular formula is C15H21F3N2O. The zero-order valence-electron chi connectivity index (χ0n) is 12.1. The monoisotopic (exact) mass is 302 g/mol. The quantitative estimate of drug-likeness (QED) is 0.929. The first-order chi connectivity index (χ1) is 9.95. The lowest BCUT2D eigenvalue weighted by atomic mass is 9.97. The minimum absolute atomic E-state index is 0.110. The predicted molar refractivity (Wildman–Crippen MR) is 76.1 cm³/mol. The van der Waals surface area contributed by atoms with Crippen molar-refractivity contribution in [3.05, 3.63) is 29.3 Å². The number of rotatable bonds is 4. The number of nitrogens with two attached hydrogens (primary N) is 1. The molecule has 0 saturated carbocycles. The molecule has 1 aromatic rings. The van der Waals surface area contributed by atoms with Gasteiger partial charge >= 0.3 is 6.18 Å². The molecule has 0 aliphatic carbocycles. The molecule has 1 unspecified atom stereocenters. The Morgan fingerprint density at radius 2 is 2.14 bits per heavy atom. The third-order valence-electron chi connectivity index (χ3n) is 3.91. The highest BCUT2D eigenvalue weighted by Crippen LogP contribution is 2.35. The summed E-state index contributed by atoms with van der Waals surface area (Å²) in [6, 6.07) is 4.43. The lowest BCUT2D eigenvalue weighted by molar-refractivity contribution is -0.138. The van der Waals surface area contributed by atoms with Gasteiger partial charge in [-0.05, 0) is 36.5 Å². The summed E-state index contributed by atoms with van der Waals surface area (Å²) in [4.78, 5) is 2.00. The van der Waals surface area contributed by atoms with Gasteiger partial charge in [0.05, 0.1) is 12.2 Å². The van der Waals surface area contributed by atoms with Gasteiger partial charge in [0.25, 0.3) is 0 Å². The van der Waals surface area contributed by atoms with E-state index in [-0.39, 0.29) is 12.1 Å². The van der Waals surface area contributed by atoms with Crippen LogP contribution in [0.2, 0.25) is 0 Å². The average Bonchev–Trinajstić information content (AvgIpc) is 2.46. The van der Waals surface area contributed by atoms with Gasteiger partial charge in [-0.2, -0.15) is 13.2 Å². The van der Waals surface area contributed by atoms with Gasteiger partial charge < -0.3 is 15.4 Å². The standard InChI is InChI=1S/C15H21F3N2O/c1-21-10-11-3-2-6-20(9-11)13-5-4-12(8-19)14(7-13)15(16,17)18/h4-5,7,11H,2-3,6,8-10,19H2,1H3. The highest BCUT2D eigenvalue weighted by molar-refractivity contribution is 5.52. The van der Waals surface area contributed by atoms with Crippen LogP contribution in [-0.2, 0) is 17.5 Å². The van der Waals surface area contributed by atoms with Crippen LogP contribution in [0.4, 0.5) is 18.9 Å². The largest absolute Gasteiger partial charge is 0.416 e. The highest BCUT2D eigenvalue weighted by Gasteiger charge is 2.34. The van der Waals surface area contributed by atoms with Crippen LogP contribution in [0.15, 0.2) is 18.2 Å². The van der Waals surface area contributed by atoms with Crippen LogP contribution in [0.25, 0.3) is 0 Å². The van der Waals surface area contributed by atoms with Crippen LogP contribution >= 0.6 is 0 Å². The smallest absolute Gasteiger partial charge is 0.384 e. The molecule has 2 rings (SSSR count). The molecule has 0 aromatic heterocycles. The van der Waals surface area contributed by atoms with Gasteiger partial charge in [-0.3, -0.25) is 0 Å². The zero-order valence-corrected chi connectivity index (χ0v) is 12.1. The Morgan fingerprint density at radius 1 is 1.38 bits per heavy atom. The van der Waals surface area contributed by atoms with Gasteiger partial charge in [0.2, 0.25) is 0 Å². The van der Waals surface area contributed by atoms with Gasteiger partial charge in [0.15, 0.2) is 0 Å². The summed E-state index contributed by atoms with van der Waals surface area (Å²) in [5, 5.41) is 0. The minimum atomic E-state index is -4.37. The number of halogens is 3. The molecule has 1 saturated heterocycles. The second kappa shape index (κ2) is 6.66. The number of ether oxygens (including phenoxy) is 1. The Morgan fingerprint density at radius 3 is 2.76 bits per heavy atom. The highest BCUT2D eigenvalue weighted by atomic mass is 19.4. The maximum Gasteiger partial charge on any atom is 0.416 e. The summed E-state index contributed by atoms with van der Waals surface area (Å²) in [5.41, 5.74) is 5.53. The summed E-state index contributed by atoms with van der Waals surface area (Å²) in [5.74, 6) is 0.368. The fourth-order valence-corrected chi connectivity index (χ4v) is 2.87. The molecule has 2 N–H and O–H groups in total. The summed E-state index contributed by atoms with van der Waals surface area (Å²) in [6.45, 7) is 2.04. The van der Waals surface area contributed by atoms with E-state index in [1.807, 2.05) is 4.90 Å². The first kappa shape index (κ1) is 16.1. The van der Waals surface area contributed by atoms with E-state index in [2.05, 4.69) is 0 Å². The molecule has 1 heterocycles. The molecule has 0 amide bonds. The molecule has 1 aliphatic rings. The first-order valence-corrected chi connectivity index (χ1v) is 7.09. The minimum Gasteiger partial charge on any atom is -0.384 e. The summed E-state index contributed by atoms with van der Waals surface area (Å²) in [6.07, 6.45) is -2.35. The molecule has 0 spiro atoms. The summed E-state index contributed by atoms with van der Waals surface area (Å²) < 4.78 is 44.4. The second-order valence-corrected chi connectivity index (χ2v) is 5.45. The molecule has 1 aliphatic heterocycles. The number of benzene rings is 1. The molecule has 118 valence electrons. The number of piperidine rings is 1. The number of nitrogens with zero attached hydrogens (tertiary/aromatic N) is 1. The second-order valence-electron chi connectivity index (χ2n) is 5.45. The molecule has 1 aromatic carbocycles. The zero-order chi connectivity index (χ0) is 15.5. The van der Waals surface area contributed by atoms with Crippen LogP contribution < -0.4 is 10.6 Å². The number of hydrogen-bond acceptors (Lipinski definition) is 3. The van der Waals surface area contributed by atoms with Crippen molar-refractivity contribution >= 4 is 5.69 Å². The molecule has 21 heavy (non-hydrogen) atoms. The Balaban J connectivity index is 2.24. The van der Waals surface area contributed by atoms with Crippen molar-refractivity contribution in [2.24, 2.45) is 11.7 Å². The Bertz CT molecular complexity index is 474. The van der Waals surface area contributed by atoms with Crippen molar-refractivity contribution in [1.29, 1.82) is 0 Å². The van der Waals surface area contributed by atoms with Gasteiger partial charge in [-0.15, -0.1) is 0 Å². The third kappa shape index (κ3) is 3.89. The van der Waals surface area contributed by atoms with Crippen LogP contribution in [0.3, 0.4) is 0 Å². The van der Waals surface area contributed by atoms with Crippen molar-refractivity contribution in [2.45, 2.75) is 25.6 Å². The third-order valence-corrected chi connectivity index (χ3v) is 3.91. The van der Waals surface area contributed by atoms with E-state index < -0.39 is 11.7 Å². The maximum atomic E-state index is 13.1. The Labute approximate surface area is 122 Å². The van der Waals surface area contributed by atoms with Crippen molar-refractivity contribution < 1.29 is 17.9 Å². The van der Waals surface area contributed by atoms with E-state index in [1.165, 1.54) is 12.1 Å². The van der Waals surface area contributed by atoms with Crippen molar-refractivity contribution in [2.75, 3.05) is 31.7 Å². The maximum absolute atomic E-state index is 13.1. The van der Waals surface area contributed by atoms with Gasteiger partial charge in [-0.25, -0.2) is 0 Å². The van der Waals surface area contributed by atoms with Crippen molar-refractivity contribution in [3.8, 4) is 0 Å². The fraction of sp³-hybridized carbons (Fsp3) is 0.600. The first-order valence-electron chi connectivity index (χ1n) is 7.09. The van der Waals surface area contributed by atoms with Crippen LogP contribution in [-0.4, -0.2) is 26.8 Å². The Kier molecular flexibility index (Phi) is 5.11. The number of alkyl halides is 3. The lowest BCUT2D eigenvalue weighted by Gasteiger charge is -2.34. The molecular weight excluding hydrogens is 281 g/mol. The molecule has 0 bridgehead atoms. The summed E-state index contributed by atoms with van der Waals surface area (Å²) in [7, 11) is 1.65. The van der Waals surface area contributed by atoms with Gasteiger partial charge in [0.1, 0.15) is 0 Å². The van der Waals surface area contributed by atoms with Crippen molar-refractivity contribution in [3.63, 3.8) is 0 Å². The summed E-state index contributed by atoms with van der Waals surface area (Å²) >= 11 is 0. The molecule has 3 nitrogen and oxygen atoms in total. The lowest BCUT2D eigenvalue weighted by Crippen LogP contribution is -2.37. The van der Waals surface area contributed by atoms with Crippen LogP contribution in [0, 0.1) is 5.92 Å². The van der Waals surface area contributed by atoms with E-state index in [4.69, 9.17) is 10.5 Å².